The number of hydrogen-bond donors (Lipinski definition) is 0. The summed E-state index contributed by atoms with van der Waals surface area (Å²) in [6.07, 6.45) is 3.01. The second-order valence-electron chi connectivity index (χ2n) is 8.76. The summed E-state index contributed by atoms with van der Waals surface area (Å²) < 4.78 is 61.2. The molecule has 0 heterocycles. The Morgan fingerprint density at radius 2 is 1.03 bits per heavy atom. The van der Waals surface area contributed by atoms with Crippen LogP contribution in [0.4, 0.5) is 0 Å². The molecule has 2 fully saturated rings. The Bertz CT molecular complexity index is 1030. The lowest BCUT2D eigenvalue weighted by molar-refractivity contribution is 0.101. The van der Waals surface area contributed by atoms with Gasteiger partial charge in [-0.1, -0.05) is 35.4 Å². The zero-order valence-electron chi connectivity index (χ0n) is 17.7. The molecule has 2 aliphatic rings. The molecular formula is C23H28O6S2. The van der Waals surface area contributed by atoms with Crippen LogP contribution in [0.15, 0.2) is 58.3 Å². The van der Waals surface area contributed by atoms with Crippen molar-refractivity contribution in [3.05, 3.63) is 59.7 Å². The molecule has 2 saturated carbocycles. The zero-order chi connectivity index (χ0) is 22.2. The molecule has 2 aromatic carbocycles. The molecule has 2 aliphatic carbocycles. The largest absolute Gasteiger partial charge is 0.296 e. The molecule has 8 heteroatoms. The first-order valence-corrected chi connectivity index (χ1v) is 13.4. The van der Waals surface area contributed by atoms with Crippen LogP contribution >= 0.6 is 0 Å². The fourth-order valence-electron chi connectivity index (χ4n) is 4.93. The van der Waals surface area contributed by atoms with Crippen molar-refractivity contribution >= 4 is 20.2 Å². The second-order valence-corrected chi connectivity index (χ2v) is 12.0. The van der Waals surface area contributed by atoms with Gasteiger partial charge < -0.3 is 0 Å². The average Bonchev–Trinajstić information content (AvgIpc) is 3.33. The Morgan fingerprint density at radius 1 is 0.677 bits per heavy atom. The smallest absolute Gasteiger partial charge is 0.266 e. The Balaban J connectivity index is 1.43. The predicted octanol–water partition coefficient (Wildman–Crippen LogP) is 4.08. The third-order valence-corrected chi connectivity index (χ3v) is 9.32. The lowest BCUT2D eigenvalue weighted by atomic mass is 9.80. The zero-order valence-corrected chi connectivity index (χ0v) is 19.4. The van der Waals surface area contributed by atoms with Gasteiger partial charge >= 0.3 is 0 Å². The first-order valence-electron chi connectivity index (χ1n) is 10.6. The highest BCUT2D eigenvalue weighted by atomic mass is 32.2. The van der Waals surface area contributed by atoms with Gasteiger partial charge in [-0.2, -0.15) is 16.8 Å². The minimum Gasteiger partial charge on any atom is -0.266 e. The van der Waals surface area contributed by atoms with Gasteiger partial charge in [-0.3, -0.25) is 8.37 Å². The monoisotopic (exact) mass is 464 g/mol. The van der Waals surface area contributed by atoms with Crippen LogP contribution in [0.5, 0.6) is 0 Å². The van der Waals surface area contributed by atoms with E-state index in [0.29, 0.717) is 11.8 Å². The Kier molecular flexibility index (Phi) is 6.27. The van der Waals surface area contributed by atoms with Gasteiger partial charge in [-0.05, 0) is 81.0 Å². The molecule has 2 aromatic rings. The van der Waals surface area contributed by atoms with Crippen LogP contribution in [0, 0.1) is 37.5 Å². The summed E-state index contributed by atoms with van der Waals surface area (Å²) in [6.45, 7) is 3.88. The summed E-state index contributed by atoms with van der Waals surface area (Å²) in [5.41, 5.74) is 1.94. The number of aryl methyl sites for hydroxylation is 2. The normalized spacial score (nSPS) is 25.7. The van der Waals surface area contributed by atoms with E-state index in [4.69, 9.17) is 8.37 Å². The molecule has 0 aliphatic heterocycles. The van der Waals surface area contributed by atoms with Crippen molar-refractivity contribution in [2.24, 2.45) is 23.7 Å². The van der Waals surface area contributed by atoms with Crippen LogP contribution in [0.2, 0.25) is 0 Å². The summed E-state index contributed by atoms with van der Waals surface area (Å²) in [5, 5.41) is 0. The van der Waals surface area contributed by atoms with Gasteiger partial charge in [0.25, 0.3) is 20.2 Å². The molecule has 4 atom stereocenters. The van der Waals surface area contributed by atoms with Crippen molar-refractivity contribution < 1.29 is 25.2 Å². The maximum atomic E-state index is 12.6. The first kappa shape index (κ1) is 22.5. The lowest BCUT2D eigenvalue weighted by Crippen LogP contribution is -2.31. The molecule has 2 unspecified atom stereocenters. The van der Waals surface area contributed by atoms with Crippen molar-refractivity contribution in [1.29, 1.82) is 0 Å². The summed E-state index contributed by atoms with van der Waals surface area (Å²) in [4.78, 5) is 0.270. The van der Waals surface area contributed by atoms with E-state index in [2.05, 4.69) is 0 Å². The van der Waals surface area contributed by atoms with E-state index >= 15 is 0 Å². The third-order valence-electron chi connectivity index (χ3n) is 6.73. The molecule has 31 heavy (non-hydrogen) atoms. The fraction of sp³-hybridized carbons (Fsp3) is 0.478. The van der Waals surface area contributed by atoms with E-state index < -0.39 is 20.2 Å². The number of rotatable bonds is 8. The summed E-state index contributed by atoms with van der Waals surface area (Å²) in [6, 6.07) is 13.1. The van der Waals surface area contributed by atoms with E-state index in [-0.39, 0.29) is 34.8 Å². The highest BCUT2D eigenvalue weighted by Crippen LogP contribution is 2.52. The molecule has 0 saturated heterocycles. The van der Waals surface area contributed by atoms with Gasteiger partial charge in [0.05, 0.1) is 23.0 Å². The number of hydrogen-bond acceptors (Lipinski definition) is 6. The highest BCUT2D eigenvalue weighted by molar-refractivity contribution is 7.87. The quantitative estimate of drug-likeness (QED) is 0.547. The van der Waals surface area contributed by atoms with Crippen LogP contribution in [0.25, 0.3) is 0 Å². The summed E-state index contributed by atoms with van der Waals surface area (Å²) in [5.74, 6) is 0.613. The standard InChI is InChI=1S/C23H28O6S2/c1-16-3-9-20(10-4-16)30(24,25)28-14-22-18-7-8-19(13-18)23(22)15-29-31(26,27)21-11-5-17(2)6-12-21/h3-6,9-12,18-19,22-23H,7-8,13-15H2,1-2H3/t18?,19?,22-,23-/m0/s1. The molecular weight excluding hydrogens is 436 g/mol. The molecule has 4 rings (SSSR count). The molecule has 2 bridgehead atoms. The fourth-order valence-corrected chi connectivity index (χ4v) is 6.81. The van der Waals surface area contributed by atoms with Gasteiger partial charge in [-0.25, -0.2) is 0 Å². The third kappa shape index (κ3) is 4.87. The van der Waals surface area contributed by atoms with Gasteiger partial charge in [0, 0.05) is 0 Å². The van der Waals surface area contributed by atoms with Crippen LogP contribution < -0.4 is 0 Å². The topological polar surface area (TPSA) is 86.7 Å². The lowest BCUT2D eigenvalue weighted by Gasteiger charge is -2.30. The Labute approximate surface area is 184 Å². The van der Waals surface area contributed by atoms with Crippen molar-refractivity contribution in [2.75, 3.05) is 13.2 Å². The SMILES string of the molecule is Cc1ccc(S(=O)(=O)OC[C@H]2C3CCC(C3)[C@@H]2COS(=O)(=O)c2ccc(C)cc2)cc1. The summed E-state index contributed by atoms with van der Waals surface area (Å²) >= 11 is 0. The molecule has 0 radical (unpaired) electrons. The molecule has 168 valence electrons. The van der Waals surface area contributed by atoms with Gasteiger partial charge in [0.15, 0.2) is 0 Å². The van der Waals surface area contributed by atoms with E-state index in [1.807, 2.05) is 13.8 Å². The van der Waals surface area contributed by atoms with Crippen molar-refractivity contribution in [3.63, 3.8) is 0 Å². The molecule has 0 amide bonds. The minimum atomic E-state index is -3.85. The predicted molar refractivity (Wildman–Crippen MR) is 116 cm³/mol. The van der Waals surface area contributed by atoms with E-state index in [1.165, 1.54) is 0 Å². The maximum absolute atomic E-state index is 12.6. The van der Waals surface area contributed by atoms with Crippen molar-refractivity contribution in [3.8, 4) is 0 Å². The van der Waals surface area contributed by atoms with E-state index in [0.717, 1.165) is 30.4 Å². The average molecular weight is 465 g/mol. The van der Waals surface area contributed by atoms with Gasteiger partial charge in [-0.15, -0.1) is 0 Å². The molecule has 0 N–H and O–H groups in total. The van der Waals surface area contributed by atoms with Crippen LogP contribution in [-0.2, 0) is 28.6 Å². The van der Waals surface area contributed by atoms with E-state index in [1.54, 1.807) is 48.5 Å². The summed E-state index contributed by atoms with van der Waals surface area (Å²) in [7, 11) is -7.71. The number of fused-ring (bicyclic) bond motifs is 2. The van der Waals surface area contributed by atoms with Gasteiger partial charge in [0.2, 0.25) is 0 Å². The van der Waals surface area contributed by atoms with Crippen LogP contribution in [0.3, 0.4) is 0 Å². The van der Waals surface area contributed by atoms with Crippen LogP contribution in [0.1, 0.15) is 30.4 Å². The molecule has 0 aromatic heterocycles. The van der Waals surface area contributed by atoms with Crippen molar-refractivity contribution in [2.45, 2.75) is 42.9 Å². The van der Waals surface area contributed by atoms with E-state index in [9.17, 15) is 16.8 Å². The first-order chi connectivity index (χ1) is 14.7. The van der Waals surface area contributed by atoms with Crippen molar-refractivity contribution in [1.82, 2.24) is 0 Å². The molecule has 6 nitrogen and oxygen atoms in total. The maximum Gasteiger partial charge on any atom is 0.296 e. The Morgan fingerprint density at radius 3 is 1.39 bits per heavy atom. The highest BCUT2D eigenvalue weighted by Gasteiger charge is 2.48. The van der Waals surface area contributed by atoms with Gasteiger partial charge in [0.1, 0.15) is 0 Å². The van der Waals surface area contributed by atoms with Crippen LogP contribution in [-0.4, -0.2) is 30.0 Å². The number of benzene rings is 2. The minimum absolute atomic E-state index is 0.0350. The second kappa shape index (κ2) is 8.65. The Hall–Kier alpha value is -1.74. The molecule has 0 spiro atoms.